The number of hydrogen-bond donors (Lipinski definition) is 25. The van der Waals surface area contributed by atoms with Gasteiger partial charge in [-0.3, -0.25) is 37.4 Å². The van der Waals surface area contributed by atoms with Crippen molar-refractivity contribution in [1.82, 2.24) is 21.3 Å². The molecule has 66 heteroatoms. The van der Waals surface area contributed by atoms with Gasteiger partial charge in [0.1, 0.15) is 182 Å². The van der Waals surface area contributed by atoms with Crippen LogP contribution in [0.5, 0.6) is 11.5 Å². The van der Waals surface area contributed by atoms with Gasteiger partial charge in [0, 0.05) is 27.7 Å². The highest BCUT2D eigenvalue weighted by Gasteiger charge is 2.63. The average Bonchev–Trinajstić information content (AvgIpc) is 0.764. The zero-order valence-corrected chi connectivity index (χ0v) is 69.6. The van der Waals surface area contributed by atoms with Crippen LogP contribution in [0.2, 0.25) is 0 Å². The zero-order valence-electron chi connectivity index (χ0n) is 66.4. The van der Waals surface area contributed by atoms with E-state index in [0.717, 1.165) is 27.7 Å². The molecule has 8 aliphatic rings. The summed E-state index contributed by atoms with van der Waals surface area (Å²) in [7, 11) is -21.0. The first-order valence-corrected chi connectivity index (χ1v) is 42.8. The van der Waals surface area contributed by atoms with E-state index in [-0.39, 0.29) is 5.75 Å². The van der Waals surface area contributed by atoms with Crippen molar-refractivity contribution in [1.29, 1.82) is 0 Å². The maximum absolute atomic E-state index is 13.3. The Hall–Kier alpha value is -7.06. The van der Waals surface area contributed by atoms with Gasteiger partial charge in [0.05, 0.1) is 33.5 Å². The second-order valence-electron chi connectivity index (χ2n) is 29.4. The number of nitrogens with one attached hydrogen (secondary N) is 4. The maximum atomic E-state index is 13.3. The normalized spacial score (nSPS) is 40.7. The lowest BCUT2D eigenvalue weighted by atomic mass is 9.93. The molecule has 4 amide bonds. The first-order valence-electron chi connectivity index (χ1n) is 37.3. The zero-order chi connectivity index (χ0) is 96.2. The van der Waals surface area contributed by atoms with Crippen LogP contribution in [0.15, 0.2) is 24.3 Å². The summed E-state index contributed by atoms with van der Waals surface area (Å²) < 4.78 is 246. The number of carboxylic acid groups (broad SMARTS) is 4. The van der Waals surface area contributed by atoms with Crippen molar-refractivity contribution < 1.29 is 274 Å². The van der Waals surface area contributed by atoms with E-state index in [0.29, 0.717) is 5.75 Å². The van der Waals surface area contributed by atoms with Gasteiger partial charge in [-0.1, -0.05) is 0 Å². The van der Waals surface area contributed by atoms with Crippen molar-refractivity contribution in [2.24, 2.45) is 0 Å². The van der Waals surface area contributed by atoms with Gasteiger partial charge in [-0.15, -0.1) is 0 Å². The minimum Gasteiger partial charge on any atom is -0.497 e. The number of aliphatic hydroxyl groups is 13. The summed E-state index contributed by atoms with van der Waals surface area (Å²) in [5.74, 6) is -12.9. The number of aliphatic carboxylic acids is 4. The molecule has 0 aromatic heterocycles. The molecule has 1 aromatic rings. The van der Waals surface area contributed by atoms with Crippen LogP contribution in [0.4, 0.5) is 0 Å². The SMILES string of the molecule is COc1ccc(OC2OC(C(=O)O)C(OC3OC(COS(=O)(=O)O)C(OC4OC(C(=O)O)C(OC5OC(COS(=O)(=O)O)C(OC6OC(C(=O)O)C(OC7OC(COS(=O)(=O)O)C(OC8OC(C(=O)O)C(OC9OC(COS(=O)(=O)O)C(O)C(O)C9NC(C)=O)C(O)C8O)C(O)C7NC(C)=O)C(O)C6O)C(O)C5NC(C)=O)C(O)C4O)C(O)C3NC(C)=O)C(O)C2O)cc1. The summed E-state index contributed by atoms with van der Waals surface area (Å²) in [6, 6.07) is -3.51. The molecular weight excluding hydrogens is 1870 g/mol. The minimum atomic E-state index is -5.72. The van der Waals surface area contributed by atoms with Crippen LogP contribution >= 0.6 is 0 Å². The topological polar surface area (TPSA) is 940 Å². The second kappa shape index (κ2) is 43.5. The van der Waals surface area contributed by atoms with E-state index in [4.69, 9.17) is 85.1 Å². The Labute approximate surface area is 724 Å². The number of aliphatic hydroxyl groups excluding tert-OH is 13. The molecule has 1 aromatic carbocycles. The first-order chi connectivity index (χ1) is 59.9. The van der Waals surface area contributed by atoms with Gasteiger partial charge in [0.2, 0.25) is 29.9 Å². The van der Waals surface area contributed by atoms with E-state index >= 15 is 0 Å². The molecule has 0 spiro atoms. The summed E-state index contributed by atoms with van der Waals surface area (Å²) in [6.07, 6.45) is -91.5. The Morgan fingerprint density at radius 3 is 0.744 bits per heavy atom. The highest BCUT2D eigenvalue weighted by molar-refractivity contribution is 7.81. The van der Waals surface area contributed by atoms with Gasteiger partial charge < -0.3 is 189 Å². The highest BCUT2D eigenvalue weighted by Crippen LogP contribution is 2.41. The van der Waals surface area contributed by atoms with Crippen molar-refractivity contribution in [3.8, 4) is 11.5 Å². The lowest BCUT2D eigenvalue weighted by Crippen LogP contribution is -2.71. The van der Waals surface area contributed by atoms with Crippen molar-refractivity contribution in [2.75, 3.05) is 33.5 Å². The van der Waals surface area contributed by atoms with Crippen molar-refractivity contribution in [3.05, 3.63) is 24.3 Å². The second-order valence-corrected chi connectivity index (χ2v) is 33.7. The summed E-state index contributed by atoms with van der Waals surface area (Å²) in [5.41, 5.74) is 0. The summed E-state index contributed by atoms with van der Waals surface area (Å²) in [4.78, 5) is 103. The number of hydrogen-bond acceptors (Lipinski definition) is 50. The molecule has 0 aliphatic carbocycles. The fourth-order valence-electron chi connectivity index (χ4n) is 14.4. The van der Waals surface area contributed by atoms with Gasteiger partial charge in [-0.25, -0.2) is 35.9 Å². The summed E-state index contributed by atoms with van der Waals surface area (Å²) in [6.45, 7) is -3.06. The van der Waals surface area contributed by atoms with E-state index in [1.54, 1.807) is 0 Å². The maximum Gasteiger partial charge on any atom is 0.397 e. The van der Waals surface area contributed by atoms with Crippen molar-refractivity contribution in [3.63, 3.8) is 0 Å². The fourth-order valence-corrected chi connectivity index (χ4v) is 15.6. The Morgan fingerprint density at radius 2 is 0.504 bits per heavy atom. The van der Waals surface area contributed by atoms with E-state index in [9.17, 15) is 172 Å². The van der Waals surface area contributed by atoms with Crippen LogP contribution in [0.3, 0.4) is 0 Å². The highest BCUT2D eigenvalue weighted by atomic mass is 32.3. The van der Waals surface area contributed by atoms with Gasteiger partial charge in [-0.05, 0) is 24.3 Å². The molecule has 40 atom stereocenters. The molecule has 8 aliphatic heterocycles. The predicted octanol–water partition coefficient (Wildman–Crippen LogP) is -16.1. The standard InChI is InChI=1S/C63H92N4O58S4/c1-14(68)64-24-29(73)28(72)20(10-106-126(93,94)95)111-56(24)118-45-34(78)38(82)61(123-49(45)53(87)88)115-42-22(12-108-128(99,100)101)113-58(26(31(42)75)66-16(3)70)120-47-36(80)40(84)63(125-51(47)55(91)92)117-43-23(13-109-129(102,103)104)114-59(27(32(43)76)67-17(4)71)121-46-35(79)39(83)62(124-50(46)54(89)90)116-41-21(11-107-127(96,97)98)112-57(25(30(41)74)65-15(2)69)119-44-33(77)37(81)60(122-48(44)52(85)86)110-19-8-6-18(105-5)7-9-19/h6-9,20-51,56-63,72-84H,10-13H2,1-5H3,(H,64,68)(H,65,69)(H,66,70)(H,67,71)(H,85,86)(H,87,88)(H,89,90)(H,91,92)(H,93,94,95)(H,96,97,98)(H,99,100,101)(H,102,103,104). The number of benzene rings is 1. The molecule has 0 saturated carbocycles. The minimum absolute atomic E-state index is 0.0704. The van der Waals surface area contributed by atoms with Crippen LogP contribution in [0.1, 0.15) is 27.7 Å². The molecule has 736 valence electrons. The lowest BCUT2D eigenvalue weighted by molar-refractivity contribution is -0.381. The van der Waals surface area contributed by atoms with E-state index in [1.165, 1.54) is 31.4 Å². The number of carbonyl (C=O) groups is 8. The quantitative estimate of drug-likeness (QED) is 0.0275. The van der Waals surface area contributed by atoms with Crippen molar-refractivity contribution in [2.45, 2.75) is 273 Å². The molecule has 40 unspecified atom stereocenters. The number of amides is 4. The molecule has 8 saturated heterocycles. The Balaban J connectivity index is 0.935. The van der Waals surface area contributed by atoms with Gasteiger partial charge >= 0.3 is 65.5 Å². The van der Waals surface area contributed by atoms with Crippen LogP contribution in [-0.2, 0) is 168 Å². The number of methoxy groups -OCH3 is 1. The molecular formula is C63H92N4O58S4. The number of ether oxygens (including phenoxy) is 17. The Bertz CT molecular complexity index is 4530. The van der Waals surface area contributed by atoms with Gasteiger partial charge in [0.15, 0.2) is 68.4 Å². The number of rotatable bonds is 37. The third kappa shape index (κ3) is 26.7. The van der Waals surface area contributed by atoms with Crippen LogP contribution in [0.25, 0.3) is 0 Å². The monoisotopic (exact) mass is 1960 g/mol. The Morgan fingerprint density at radius 1 is 0.287 bits per heavy atom. The van der Waals surface area contributed by atoms with Crippen LogP contribution in [-0.4, -0.2) is 465 Å². The largest absolute Gasteiger partial charge is 0.497 e. The smallest absolute Gasteiger partial charge is 0.397 e. The molecule has 8 heterocycles. The van der Waals surface area contributed by atoms with Crippen LogP contribution < -0.4 is 30.7 Å². The first kappa shape index (κ1) is 106. The number of carbonyl (C=O) groups excluding carboxylic acids is 4. The molecule has 0 bridgehead atoms. The fraction of sp³-hybridized carbons (Fsp3) is 0.778. The van der Waals surface area contributed by atoms with Crippen molar-refractivity contribution >= 4 is 89.1 Å². The summed E-state index contributed by atoms with van der Waals surface area (Å²) >= 11 is 0. The van der Waals surface area contributed by atoms with Crippen LogP contribution in [0, 0.1) is 0 Å². The average molecular weight is 1960 g/mol. The molecule has 62 nitrogen and oxygen atoms in total. The third-order valence-corrected chi connectivity index (χ3v) is 22.0. The third-order valence-electron chi connectivity index (χ3n) is 20.2. The van der Waals surface area contributed by atoms with Gasteiger partial charge in [0.25, 0.3) is 0 Å². The molecule has 0 radical (unpaired) electrons. The number of carboxylic acids is 4. The van der Waals surface area contributed by atoms with E-state index in [1.807, 2.05) is 0 Å². The molecule has 9 rings (SSSR count). The van der Waals surface area contributed by atoms with Gasteiger partial charge in [-0.2, -0.15) is 33.7 Å². The molecule has 8 fully saturated rings. The van der Waals surface area contributed by atoms with E-state index in [2.05, 4.69) is 38.0 Å². The molecule has 129 heavy (non-hydrogen) atoms. The Kier molecular flexibility index (Phi) is 35.6. The molecule has 25 N–H and O–H groups in total. The predicted molar refractivity (Wildman–Crippen MR) is 386 cm³/mol. The lowest BCUT2D eigenvalue weighted by Gasteiger charge is -2.50. The summed E-state index contributed by atoms with van der Waals surface area (Å²) in [5, 5.41) is 201. The van der Waals surface area contributed by atoms with E-state index < -0.39 is 361 Å².